The molecule has 3 rings (SSSR count). The van der Waals surface area contributed by atoms with Gasteiger partial charge in [0.1, 0.15) is 30.1 Å². The summed E-state index contributed by atoms with van der Waals surface area (Å²) in [4.78, 5) is 39.4. The van der Waals surface area contributed by atoms with E-state index < -0.39 is 23.4 Å². The van der Waals surface area contributed by atoms with Crippen molar-refractivity contribution in [3.63, 3.8) is 0 Å². The number of carbonyl (C=O) groups excluding carboxylic acids is 3. The summed E-state index contributed by atoms with van der Waals surface area (Å²) in [6.45, 7) is 10.1. The van der Waals surface area contributed by atoms with Crippen molar-refractivity contribution in [2.45, 2.75) is 76.6 Å². The lowest BCUT2D eigenvalue weighted by Gasteiger charge is -2.47. The maximum absolute atomic E-state index is 15.0. The third kappa shape index (κ3) is 8.04. The second-order valence-electron chi connectivity index (χ2n) is 12.3. The van der Waals surface area contributed by atoms with Crippen LogP contribution in [0.2, 0.25) is 0 Å². The summed E-state index contributed by atoms with van der Waals surface area (Å²) >= 11 is 0. The number of morpholine rings is 1. The fraction of sp³-hybridized carbons (Fsp3) is 0.516. The lowest BCUT2D eigenvalue weighted by atomic mass is 9.78. The molecule has 1 aliphatic rings. The third-order valence-corrected chi connectivity index (χ3v) is 7.58. The first-order valence-corrected chi connectivity index (χ1v) is 14.2. The van der Waals surface area contributed by atoms with Crippen LogP contribution in [-0.2, 0) is 33.1 Å². The van der Waals surface area contributed by atoms with Gasteiger partial charge in [0, 0.05) is 49.8 Å². The van der Waals surface area contributed by atoms with Gasteiger partial charge in [-0.3, -0.25) is 19.4 Å². The Kier molecular flexibility index (Phi) is 10.7. The van der Waals surface area contributed by atoms with Gasteiger partial charge in [-0.1, -0.05) is 18.2 Å². The van der Waals surface area contributed by atoms with E-state index in [9.17, 15) is 23.9 Å². The number of nitrogens with one attached hydrogen (secondary N) is 1. The number of nitrogens with zero attached hydrogens (tertiary/aromatic N) is 2. The van der Waals surface area contributed by atoms with E-state index in [1.165, 1.54) is 39.0 Å². The first-order valence-electron chi connectivity index (χ1n) is 14.2. The van der Waals surface area contributed by atoms with E-state index in [-0.39, 0.29) is 47.5 Å². The SMILES string of the molecule is BC(O)(c1c(C=O)cccc1OCc1cc(CN2CC(C)(C)OC(C)(C)C2)ccc1F)N(C)C(CCC=O)C(=O)NC. The lowest BCUT2D eigenvalue weighted by molar-refractivity contribution is -0.182. The molecule has 0 saturated carbocycles. The van der Waals surface area contributed by atoms with E-state index in [0.29, 0.717) is 24.7 Å². The molecule has 0 radical (unpaired) electrons. The van der Waals surface area contributed by atoms with Crippen molar-refractivity contribution < 1.29 is 33.4 Å². The van der Waals surface area contributed by atoms with Crippen molar-refractivity contribution >= 4 is 26.3 Å². The fourth-order valence-corrected chi connectivity index (χ4v) is 5.95. The number of rotatable bonds is 13. The van der Waals surface area contributed by atoms with E-state index in [0.717, 1.165) is 18.7 Å². The topological polar surface area (TPSA) is 108 Å². The summed E-state index contributed by atoms with van der Waals surface area (Å²) in [6, 6.07) is 8.79. The Bertz CT molecular complexity index is 1270. The molecule has 0 bridgehead atoms. The number of aliphatic hydroxyl groups is 1. The van der Waals surface area contributed by atoms with Crippen molar-refractivity contribution in [2.75, 3.05) is 27.2 Å². The zero-order valence-corrected chi connectivity index (χ0v) is 25.7. The largest absolute Gasteiger partial charge is 0.488 e. The molecule has 2 N–H and O–H groups in total. The number of aldehydes is 2. The van der Waals surface area contributed by atoms with E-state index in [1.54, 1.807) is 24.3 Å². The summed E-state index contributed by atoms with van der Waals surface area (Å²) in [5.74, 6) is -0.660. The van der Waals surface area contributed by atoms with Gasteiger partial charge in [0.05, 0.1) is 17.2 Å². The molecule has 2 aromatic carbocycles. The Morgan fingerprint density at radius 3 is 2.50 bits per heavy atom. The quantitative estimate of drug-likeness (QED) is 0.210. The van der Waals surface area contributed by atoms with Crippen LogP contribution in [0.4, 0.5) is 4.39 Å². The highest BCUT2D eigenvalue weighted by atomic mass is 19.1. The van der Waals surface area contributed by atoms with Crippen LogP contribution in [0.3, 0.4) is 0 Å². The number of ether oxygens (including phenoxy) is 2. The zero-order valence-electron chi connectivity index (χ0n) is 25.7. The van der Waals surface area contributed by atoms with E-state index in [1.807, 2.05) is 0 Å². The Morgan fingerprint density at radius 1 is 1.24 bits per heavy atom. The van der Waals surface area contributed by atoms with E-state index in [2.05, 4.69) is 37.9 Å². The predicted octanol–water partition coefficient (Wildman–Crippen LogP) is 2.37. The fourth-order valence-electron chi connectivity index (χ4n) is 5.95. The summed E-state index contributed by atoms with van der Waals surface area (Å²) in [5, 5.41) is 14.3. The molecule has 0 aromatic heterocycles. The Morgan fingerprint density at radius 2 is 1.90 bits per heavy atom. The van der Waals surface area contributed by atoms with Gasteiger partial charge >= 0.3 is 0 Å². The minimum absolute atomic E-state index is 0.103. The minimum atomic E-state index is -1.86. The Labute approximate surface area is 248 Å². The summed E-state index contributed by atoms with van der Waals surface area (Å²) in [7, 11) is 4.45. The second-order valence-corrected chi connectivity index (χ2v) is 12.3. The number of carbonyl (C=O) groups is 3. The molecule has 1 saturated heterocycles. The number of benzene rings is 2. The maximum Gasteiger partial charge on any atom is 0.237 e. The maximum atomic E-state index is 15.0. The van der Waals surface area contributed by atoms with Crippen molar-refractivity contribution in [2.24, 2.45) is 0 Å². The van der Waals surface area contributed by atoms with Crippen molar-refractivity contribution in [1.29, 1.82) is 0 Å². The molecule has 0 spiro atoms. The molecule has 11 heteroatoms. The van der Waals surface area contributed by atoms with Crippen LogP contribution in [0.5, 0.6) is 5.75 Å². The van der Waals surface area contributed by atoms with Gasteiger partial charge in [-0.25, -0.2) is 4.39 Å². The van der Waals surface area contributed by atoms with Crippen LogP contribution in [0.15, 0.2) is 36.4 Å². The Balaban J connectivity index is 1.88. The monoisotopic (exact) mass is 583 g/mol. The average Bonchev–Trinajstić information content (AvgIpc) is 2.91. The van der Waals surface area contributed by atoms with Crippen molar-refractivity contribution in [3.05, 3.63) is 64.5 Å². The van der Waals surface area contributed by atoms with E-state index in [4.69, 9.17) is 9.47 Å². The molecule has 1 heterocycles. The minimum Gasteiger partial charge on any atom is -0.488 e. The molecule has 0 aliphatic carbocycles. The zero-order chi connectivity index (χ0) is 31.3. The normalized spacial score (nSPS) is 18.6. The average molecular weight is 584 g/mol. The van der Waals surface area contributed by atoms with Crippen LogP contribution in [0.25, 0.3) is 0 Å². The highest BCUT2D eigenvalue weighted by Gasteiger charge is 2.40. The van der Waals surface area contributed by atoms with Gasteiger partial charge in [-0.2, -0.15) is 0 Å². The number of amides is 1. The van der Waals surface area contributed by atoms with Gasteiger partial charge < -0.3 is 24.7 Å². The first kappa shape index (κ1) is 33.4. The summed E-state index contributed by atoms with van der Waals surface area (Å²) in [6.07, 6.45) is 1.56. The van der Waals surface area contributed by atoms with Gasteiger partial charge in [-0.15, -0.1) is 0 Å². The van der Waals surface area contributed by atoms with Crippen LogP contribution < -0.4 is 10.1 Å². The van der Waals surface area contributed by atoms with Crippen LogP contribution in [0, 0.1) is 5.82 Å². The first-order chi connectivity index (χ1) is 19.6. The van der Waals surface area contributed by atoms with Crippen molar-refractivity contribution in [1.82, 2.24) is 15.1 Å². The van der Waals surface area contributed by atoms with E-state index >= 15 is 0 Å². The van der Waals surface area contributed by atoms with Gasteiger partial charge in [0.15, 0.2) is 14.1 Å². The highest BCUT2D eigenvalue weighted by Crippen LogP contribution is 2.35. The number of hydrogen-bond acceptors (Lipinski definition) is 8. The standard InChI is InChI=1S/C31H43BFN3O6/c1-29(2)19-36(20-30(3,4)42-29)16-21-12-13-24(33)23(15-21)18-41-26-11-7-9-22(17-38)27(26)31(32,40)35(6)25(10-8-14-37)28(39)34-5/h7,9,11-15,17,25,40H,8,10,16,18-20,32H2,1-6H3,(H,34,39). The molecule has 1 amide bonds. The Hall–Kier alpha value is -3.12. The molecule has 2 atom stereocenters. The van der Waals surface area contributed by atoms with Gasteiger partial charge in [-0.05, 0) is 64.9 Å². The molecule has 1 aliphatic heterocycles. The number of likely N-dealkylation sites (N-methyl/N-ethyl adjacent to an activating group) is 2. The molecule has 1 fully saturated rings. The summed E-state index contributed by atoms with van der Waals surface area (Å²) < 4.78 is 27.2. The molecule has 42 heavy (non-hydrogen) atoms. The van der Waals surface area contributed by atoms with Crippen LogP contribution in [-0.4, -0.2) is 85.7 Å². The van der Waals surface area contributed by atoms with Gasteiger partial charge in [0.2, 0.25) is 5.91 Å². The molecular weight excluding hydrogens is 540 g/mol. The lowest BCUT2D eigenvalue weighted by Crippen LogP contribution is -2.56. The molecule has 2 aromatic rings. The molecular formula is C31H43BFN3O6. The smallest absolute Gasteiger partial charge is 0.237 e. The summed E-state index contributed by atoms with van der Waals surface area (Å²) in [5.41, 5.74) is -0.962. The van der Waals surface area contributed by atoms with Crippen LogP contribution >= 0.6 is 0 Å². The molecule has 228 valence electrons. The molecule has 9 nitrogen and oxygen atoms in total. The second kappa shape index (κ2) is 13.5. The number of hydrogen-bond donors (Lipinski definition) is 2. The van der Waals surface area contributed by atoms with Crippen LogP contribution in [0.1, 0.15) is 67.6 Å². The predicted molar refractivity (Wildman–Crippen MR) is 160 cm³/mol. The van der Waals surface area contributed by atoms with Crippen molar-refractivity contribution in [3.8, 4) is 5.75 Å². The third-order valence-electron chi connectivity index (χ3n) is 7.58. The highest BCUT2D eigenvalue weighted by molar-refractivity contribution is 6.15. The molecule has 2 unspecified atom stereocenters. The van der Waals surface area contributed by atoms with Gasteiger partial charge in [0.25, 0.3) is 0 Å². The number of halogens is 1.